The van der Waals surface area contributed by atoms with E-state index in [-0.39, 0.29) is 23.7 Å². The van der Waals surface area contributed by atoms with Crippen molar-refractivity contribution >= 4 is 34.7 Å². The number of amides is 1. The summed E-state index contributed by atoms with van der Waals surface area (Å²) in [4.78, 5) is 26.7. The maximum atomic E-state index is 15.0. The van der Waals surface area contributed by atoms with Crippen molar-refractivity contribution in [3.8, 4) is 0 Å². The highest BCUT2D eigenvalue weighted by Crippen LogP contribution is 2.29. The Kier molecular flexibility index (Phi) is 7.23. The largest absolute Gasteiger partial charge is 0.369 e. The van der Waals surface area contributed by atoms with Crippen molar-refractivity contribution in [3.63, 3.8) is 0 Å². The number of para-hydroxylation sites is 1. The number of piperazine rings is 1. The van der Waals surface area contributed by atoms with Crippen LogP contribution in [0.2, 0.25) is 0 Å². The highest BCUT2D eigenvalue weighted by Gasteiger charge is 2.25. The molecule has 194 valence electrons. The maximum absolute atomic E-state index is 15.0. The lowest BCUT2D eigenvalue weighted by Crippen LogP contribution is -2.46. The lowest BCUT2D eigenvalue weighted by molar-refractivity contribution is 0.102. The highest BCUT2D eigenvalue weighted by atomic mass is 19.1. The van der Waals surface area contributed by atoms with E-state index in [1.54, 1.807) is 12.1 Å². The third-order valence-corrected chi connectivity index (χ3v) is 7.06. The zero-order valence-electron chi connectivity index (χ0n) is 21.6. The third-order valence-electron chi connectivity index (χ3n) is 7.06. The van der Waals surface area contributed by atoms with Gasteiger partial charge in [-0.05, 0) is 62.6 Å². The van der Waals surface area contributed by atoms with Crippen molar-refractivity contribution in [2.24, 2.45) is 0 Å². The quantitative estimate of drug-likeness (QED) is 0.401. The van der Waals surface area contributed by atoms with Crippen LogP contribution < -0.4 is 20.9 Å². The van der Waals surface area contributed by atoms with E-state index in [1.807, 2.05) is 38.1 Å². The van der Waals surface area contributed by atoms with E-state index >= 15 is 4.39 Å². The van der Waals surface area contributed by atoms with Crippen LogP contribution in [0.3, 0.4) is 0 Å². The second-order valence-corrected chi connectivity index (χ2v) is 9.81. The number of hydrogen-bond acceptors (Lipinski definition) is 7. The Labute approximate surface area is 217 Å². The summed E-state index contributed by atoms with van der Waals surface area (Å²) < 4.78 is 15.0. The van der Waals surface area contributed by atoms with Crippen molar-refractivity contribution in [1.29, 1.82) is 0 Å². The number of nitrogens with one attached hydrogen (secondary N) is 3. The molecule has 0 atom stereocenters. The minimum atomic E-state index is -0.368. The van der Waals surface area contributed by atoms with Crippen LogP contribution >= 0.6 is 0 Å². The summed E-state index contributed by atoms with van der Waals surface area (Å²) in [5.41, 5.74) is 4.26. The second-order valence-electron chi connectivity index (χ2n) is 9.81. The highest BCUT2D eigenvalue weighted by molar-refractivity contribution is 6.08. The summed E-state index contributed by atoms with van der Waals surface area (Å²) in [6.45, 7) is 10.8. The van der Waals surface area contributed by atoms with E-state index in [2.05, 4.69) is 42.6 Å². The van der Waals surface area contributed by atoms with Gasteiger partial charge < -0.3 is 25.8 Å². The molecule has 5 rings (SSSR count). The van der Waals surface area contributed by atoms with Gasteiger partial charge in [0, 0.05) is 49.8 Å². The van der Waals surface area contributed by atoms with Gasteiger partial charge in [-0.1, -0.05) is 25.1 Å². The van der Waals surface area contributed by atoms with Crippen LogP contribution in [0.1, 0.15) is 41.3 Å². The molecule has 1 amide bonds. The average molecular weight is 504 g/mol. The van der Waals surface area contributed by atoms with Gasteiger partial charge in [-0.25, -0.2) is 9.37 Å². The standard InChI is InChI=1S/C28H34FN7O/c1-4-35-12-14-36(15-13-35)21-10-11-24(23(29)16-21)32-28-30-17-22(26(34-28)31-20-8-9-20)27(37)33-25-18(2)6-5-7-19(25)3/h5-7,10-11,16-17,20H,4,8-9,12-15H2,1-3H3,(H,33,37)(H2,30,31,32,34). The molecule has 1 aliphatic carbocycles. The lowest BCUT2D eigenvalue weighted by Gasteiger charge is -2.35. The SMILES string of the molecule is CCN1CCN(c2ccc(Nc3ncc(C(=O)Nc4c(C)cccc4C)c(NC4CC4)n3)c(F)c2)CC1. The van der Waals surface area contributed by atoms with Crippen molar-refractivity contribution < 1.29 is 9.18 Å². The first kappa shape index (κ1) is 25.0. The number of hydrogen-bond donors (Lipinski definition) is 3. The second kappa shape index (κ2) is 10.7. The fourth-order valence-corrected chi connectivity index (χ4v) is 4.58. The van der Waals surface area contributed by atoms with Crippen LogP contribution in [0.5, 0.6) is 0 Å². The summed E-state index contributed by atoms with van der Waals surface area (Å²) in [6.07, 6.45) is 3.53. The van der Waals surface area contributed by atoms with E-state index in [0.29, 0.717) is 17.1 Å². The Bertz CT molecular complexity index is 1270. The molecule has 0 spiro atoms. The first-order chi connectivity index (χ1) is 17.9. The van der Waals surface area contributed by atoms with Gasteiger partial charge in [-0.3, -0.25) is 4.79 Å². The lowest BCUT2D eigenvalue weighted by atomic mass is 10.1. The van der Waals surface area contributed by atoms with E-state index in [4.69, 9.17) is 0 Å². The fourth-order valence-electron chi connectivity index (χ4n) is 4.58. The van der Waals surface area contributed by atoms with Crippen molar-refractivity contribution in [1.82, 2.24) is 14.9 Å². The molecule has 3 N–H and O–H groups in total. The molecule has 2 aromatic carbocycles. The Morgan fingerprint density at radius 1 is 1.08 bits per heavy atom. The number of aryl methyl sites for hydroxylation is 2. The summed E-state index contributed by atoms with van der Waals surface area (Å²) in [5.74, 6) is 0.0166. The van der Waals surface area contributed by atoms with Gasteiger partial charge in [0.15, 0.2) is 0 Å². The normalized spacial score (nSPS) is 15.9. The molecule has 2 heterocycles. The third kappa shape index (κ3) is 5.83. The van der Waals surface area contributed by atoms with E-state index in [9.17, 15) is 4.79 Å². The van der Waals surface area contributed by atoms with Gasteiger partial charge >= 0.3 is 0 Å². The molecule has 2 fully saturated rings. The minimum Gasteiger partial charge on any atom is -0.369 e. The number of halogens is 1. The zero-order chi connectivity index (χ0) is 25.9. The van der Waals surface area contributed by atoms with Gasteiger partial charge in [-0.15, -0.1) is 0 Å². The molecule has 0 bridgehead atoms. The van der Waals surface area contributed by atoms with Crippen LogP contribution in [0.4, 0.5) is 33.2 Å². The molecular weight excluding hydrogens is 469 g/mol. The number of carbonyl (C=O) groups is 1. The van der Waals surface area contributed by atoms with Crippen molar-refractivity contribution in [2.75, 3.05) is 53.6 Å². The van der Waals surface area contributed by atoms with E-state index < -0.39 is 0 Å². The topological polar surface area (TPSA) is 85.4 Å². The van der Waals surface area contributed by atoms with Crippen LogP contribution in [-0.2, 0) is 0 Å². The molecule has 1 saturated carbocycles. The Hall–Kier alpha value is -3.72. The molecule has 1 aliphatic heterocycles. The summed E-state index contributed by atoms with van der Waals surface area (Å²) in [6, 6.07) is 11.3. The fraction of sp³-hybridized carbons (Fsp3) is 0.393. The number of rotatable bonds is 8. The average Bonchev–Trinajstić information content (AvgIpc) is 3.72. The molecular formula is C28H34FN7O. The minimum absolute atomic E-state index is 0.231. The number of aromatic nitrogens is 2. The van der Waals surface area contributed by atoms with Crippen LogP contribution in [0, 0.1) is 19.7 Å². The van der Waals surface area contributed by atoms with Gasteiger partial charge in [0.05, 0.1) is 5.69 Å². The molecule has 1 saturated heterocycles. The first-order valence-corrected chi connectivity index (χ1v) is 13.0. The molecule has 2 aliphatic rings. The van der Waals surface area contributed by atoms with Gasteiger partial charge in [0.2, 0.25) is 5.95 Å². The van der Waals surface area contributed by atoms with Crippen LogP contribution in [0.25, 0.3) is 0 Å². The monoisotopic (exact) mass is 503 g/mol. The number of benzene rings is 2. The number of anilines is 5. The van der Waals surface area contributed by atoms with Crippen LogP contribution in [0.15, 0.2) is 42.6 Å². The number of likely N-dealkylation sites (N-methyl/N-ethyl adjacent to an activating group) is 1. The predicted molar refractivity (Wildman–Crippen MR) is 147 cm³/mol. The van der Waals surface area contributed by atoms with Crippen molar-refractivity contribution in [2.45, 2.75) is 39.7 Å². The molecule has 37 heavy (non-hydrogen) atoms. The molecule has 3 aromatic rings. The summed E-state index contributed by atoms with van der Waals surface area (Å²) in [5, 5.41) is 9.32. The maximum Gasteiger partial charge on any atom is 0.261 e. The molecule has 0 unspecified atom stereocenters. The van der Waals surface area contributed by atoms with Gasteiger partial charge in [0.25, 0.3) is 5.91 Å². The van der Waals surface area contributed by atoms with Gasteiger partial charge in [0.1, 0.15) is 17.2 Å². The van der Waals surface area contributed by atoms with Gasteiger partial charge in [-0.2, -0.15) is 4.98 Å². The van der Waals surface area contributed by atoms with E-state index in [1.165, 1.54) is 6.20 Å². The zero-order valence-corrected chi connectivity index (χ0v) is 21.6. The Morgan fingerprint density at radius 2 is 1.81 bits per heavy atom. The molecule has 0 radical (unpaired) electrons. The molecule has 9 heteroatoms. The smallest absolute Gasteiger partial charge is 0.261 e. The van der Waals surface area contributed by atoms with Crippen LogP contribution in [-0.4, -0.2) is 59.5 Å². The first-order valence-electron chi connectivity index (χ1n) is 13.0. The summed E-state index contributed by atoms with van der Waals surface area (Å²) in [7, 11) is 0. The Morgan fingerprint density at radius 3 is 2.46 bits per heavy atom. The van der Waals surface area contributed by atoms with Crippen molar-refractivity contribution in [3.05, 3.63) is 65.1 Å². The molecule has 8 nitrogen and oxygen atoms in total. The van der Waals surface area contributed by atoms with E-state index in [0.717, 1.165) is 68.1 Å². The summed E-state index contributed by atoms with van der Waals surface area (Å²) >= 11 is 0. The number of carbonyl (C=O) groups excluding carboxylic acids is 1. The Balaban J connectivity index is 1.33. The number of nitrogens with zero attached hydrogens (tertiary/aromatic N) is 4. The predicted octanol–water partition coefficient (Wildman–Crippen LogP) is 4.94. The molecule has 1 aromatic heterocycles.